The Morgan fingerprint density at radius 1 is 1.57 bits per heavy atom. The zero-order valence-electron chi connectivity index (χ0n) is 4.91. The molecular formula is C7H12. The summed E-state index contributed by atoms with van der Waals surface area (Å²) in [4.78, 5) is 0. The fourth-order valence-electron chi connectivity index (χ4n) is 2.01. The zero-order chi connectivity index (χ0) is 4.91. The third-order valence-electron chi connectivity index (χ3n) is 2.84. The Hall–Kier alpha value is 0. The lowest BCUT2D eigenvalue weighted by Crippen LogP contribution is -1.85. The Kier molecular flexibility index (Phi) is 0.499. The molecule has 0 aliphatic heterocycles. The van der Waals surface area contributed by atoms with E-state index in [1.807, 2.05) is 0 Å². The molecule has 0 aromatic heterocycles. The van der Waals surface area contributed by atoms with Crippen molar-refractivity contribution in [1.82, 2.24) is 0 Å². The second-order valence-electron chi connectivity index (χ2n) is 3.45. The summed E-state index contributed by atoms with van der Waals surface area (Å²) in [5, 5.41) is 0. The molecule has 2 fully saturated rings. The third kappa shape index (κ3) is 0.375. The Balaban J connectivity index is 2.17. The first-order valence-corrected chi connectivity index (χ1v) is 3.31. The highest BCUT2D eigenvalue weighted by Crippen LogP contribution is 2.62. The third-order valence-corrected chi connectivity index (χ3v) is 2.84. The Bertz CT molecular complexity index is 94.2. The standard InChI is InChI=1S/C7H12/c1-7-4-2-3-6(7)5-7/h6H,2-5H2,1H3. The first kappa shape index (κ1) is 3.94. The monoisotopic (exact) mass is 96.1 g/mol. The van der Waals surface area contributed by atoms with Crippen LogP contribution in [0.4, 0.5) is 0 Å². The van der Waals surface area contributed by atoms with E-state index in [2.05, 4.69) is 6.92 Å². The van der Waals surface area contributed by atoms with Crippen molar-refractivity contribution in [2.45, 2.75) is 32.6 Å². The van der Waals surface area contributed by atoms with Crippen molar-refractivity contribution >= 4 is 0 Å². The lowest BCUT2D eigenvalue weighted by atomic mass is 10.1. The molecule has 2 unspecified atom stereocenters. The SMILES string of the molecule is CC12CCCC1C2. The summed E-state index contributed by atoms with van der Waals surface area (Å²) in [6, 6.07) is 0. The fourth-order valence-corrected chi connectivity index (χ4v) is 2.01. The van der Waals surface area contributed by atoms with Gasteiger partial charge in [0, 0.05) is 0 Å². The van der Waals surface area contributed by atoms with Crippen molar-refractivity contribution < 1.29 is 0 Å². The molecule has 0 bridgehead atoms. The van der Waals surface area contributed by atoms with E-state index in [9.17, 15) is 0 Å². The predicted octanol–water partition coefficient (Wildman–Crippen LogP) is 2.20. The zero-order valence-corrected chi connectivity index (χ0v) is 4.91. The highest BCUT2D eigenvalue weighted by molar-refractivity contribution is 5.02. The summed E-state index contributed by atoms with van der Waals surface area (Å²) in [5.74, 6) is 1.16. The smallest absolute Gasteiger partial charge is 0.0294 e. The van der Waals surface area contributed by atoms with Gasteiger partial charge in [0.1, 0.15) is 0 Å². The van der Waals surface area contributed by atoms with Crippen LogP contribution in [0.15, 0.2) is 0 Å². The van der Waals surface area contributed by atoms with Crippen LogP contribution in [-0.2, 0) is 0 Å². The van der Waals surface area contributed by atoms with Gasteiger partial charge in [-0.2, -0.15) is 0 Å². The van der Waals surface area contributed by atoms with Crippen molar-refractivity contribution in [2.24, 2.45) is 11.3 Å². The first-order chi connectivity index (χ1) is 3.31. The second kappa shape index (κ2) is 0.888. The lowest BCUT2D eigenvalue weighted by molar-refractivity contribution is 0.547. The molecule has 0 aromatic rings. The van der Waals surface area contributed by atoms with Gasteiger partial charge in [-0.05, 0) is 30.6 Å². The Morgan fingerprint density at radius 3 is 2.57 bits per heavy atom. The minimum Gasteiger partial charge on any atom is -0.0594 e. The molecule has 0 heteroatoms. The molecule has 0 N–H and O–H groups in total. The van der Waals surface area contributed by atoms with Gasteiger partial charge >= 0.3 is 0 Å². The first-order valence-electron chi connectivity index (χ1n) is 3.31. The van der Waals surface area contributed by atoms with Crippen LogP contribution in [-0.4, -0.2) is 0 Å². The van der Waals surface area contributed by atoms with Gasteiger partial charge in [0.2, 0.25) is 0 Å². The van der Waals surface area contributed by atoms with E-state index in [-0.39, 0.29) is 0 Å². The summed E-state index contributed by atoms with van der Waals surface area (Å²) in [6.07, 6.45) is 6.13. The van der Waals surface area contributed by atoms with Crippen molar-refractivity contribution in [3.05, 3.63) is 0 Å². The predicted molar refractivity (Wildman–Crippen MR) is 30.1 cm³/mol. The average molecular weight is 96.2 g/mol. The lowest BCUT2D eigenvalue weighted by Gasteiger charge is -1.96. The molecule has 0 amide bonds. The van der Waals surface area contributed by atoms with Gasteiger partial charge in [-0.1, -0.05) is 13.3 Å². The van der Waals surface area contributed by atoms with E-state index >= 15 is 0 Å². The molecular weight excluding hydrogens is 84.1 g/mol. The summed E-state index contributed by atoms with van der Waals surface area (Å²) in [5.41, 5.74) is 0.861. The molecule has 2 atom stereocenters. The normalized spacial score (nSPS) is 57.0. The number of hydrogen-bond acceptors (Lipinski definition) is 0. The van der Waals surface area contributed by atoms with Crippen LogP contribution in [0, 0.1) is 11.3 Å². The number of fused-ring (bicyclic) bond motifs is 1. The molecule has 0 saturated heterocycles. The maximum absolute atomic E-state index is 2.44. The molecule has 2 aliphatic rings. The summed E-state index contributed by atoms with van der Waals surface area (Å²) in [6.45, 7) is 2.44. The van der Waals surface area contributed by atoms with Gasteiger partial charge in [0.15, 0.2) is 0 Å². The number of hydrogen-bond donors (Lipinski definition) is 0. The van der Waals surface area contributed by atoms with Gasteiger partial charge in [-0.3, -0.25) is 0 Å². The van der Waals surface area contributed by atoms with Gasteiger partial charge < -0.3 is 0 Å². The van der Waals surface area contributed by atoms with Crippen LogP contribution in [0.5, 0.6) is 0 Å². The largest absolute Gasteiger partial charge is 0.0594 e. The summed E-state index contributed by atoms with van der Waals surface area (Å²) < 4.78 is 0. The van der Waals surface area contributed by atoms with Crippen LogP contribution in [0.25, 0.3) is 0 Å². The van der Waals surface area contributed by atoms with Crippen LogP contribution < -0.4 is 0 Å². The van der Waals surface area contributed by atoms with Gasteiger partial charge in [0.05, 0.1) is 0 Å². The molecule has 0 radical (unpaired) electrons. The topological polar surface area (TPSA) is 0 Å². The molecule has 40 valence electrons. The van der Waals surface area contributed by atoms with Crippen LogP contribution in [0.2, 0.25) is 0 Å². The molecule has 0 heterocycles. The van der Waals surface area contributed by atoms with Crippen LogP contribution in [0.3, 0.4) is 0 Å². The maximum Gasteiger partial charge on any atom is -0.0294 e. The van der Waals surface area contributed by atoms with Crippen molar-refractivity contribution in [3.8, 4) is 0 Å². The van der Waals surface area contributed by atoms with Crippen molar-refractivity contribution in [3.63, 3.8) is 0 Å². The molecule has 2 aliphatic carbocycles. The number of rotatable bonds is 0. The van der Waals surface area contributed by atoms with Crippen molar-refractivity contribution in [1.29, 1.82) is 0 Å². The van der Waals surface area contributed by atoms with E-state index in [1.54, 1.807) is 6.42 Å². The fraction of sp³-hybridized carbons (Fsp3) is 1.00. The van der Waals surface area contributed by atoms with E-state index in [0.29, 0.717) is 0 Å². The van der Waals surface area contributed by atoms with Crippen molar-refractivity contribution in [2.75, 3.05) is 0 Å². The summed E-state index contributed by atoms with van der Waals surface area (Å²) >= 11 is 0. The average Bonchev–Trinajstić information content (AvgIpc) is 2.09. The van der Waals surface area contributed by atoms with E-state index in [0.717, 1.165) is 11.3 Å². The van der Waals surface area contributed by atoms with Crippen LogP contribution in [0.1, 0.15) is 32.6 Å². The highest BCUT2D eigenvalue weighted by Gasteiger charge is 2.52. The quantitative estimate of drug-likeness (QED) is 0.433. The Labute approximate surface area is 44.9 Å². The molecule has 2 rings (SSSR count). The van der Waals surface area contributed by atoms with E-state index < -0.39 is 0 Å². The maximum atomic E-state index is 2.44. The summed E-state index contributed by atoms with van der Waals surface area (Å²) in [7, 11) is 0. The van der Waals surface area contributed by atoms with E-state index in [4.69, 9.17) is 0 Å². The molecule has 2 saturated carbocycles. The molecule has 0 nitrogen and oxygen atoms in total. The highest BCUT2D eigenvalue weighted by atomic mass is 14.6. The van der Waals surface area contributed by atoms with Crippen LogP contribution >= 0.6 is 0 Å². The Morgan fingerprint density at radius 2 is 2.43 bits per heavy atom. The van der Waals surface area contributed by atoms with Gasteiger partial charge in [-0.25, -0.2) is 0 Å². The van der Waals surface area contributed by atoms with E-state index in [1.165, 1.54) is 19.3 Å². The molecule has 0 spiro atoms. The molecule has 0 aromatic carbocycles. The van der Waals surface area contributed by atoms with Gasteiger partial charge in [-0.15, -0.1) is 0 Å². The molecule has 7 heavy (non-hydrogen) atoms. The second-order valence-corrected chi connectivity index (χ2v) is 3.45. The minimum atomic E-state index is 0.861. The van der Waals surface area contributed by atoms with Gasteiger partial charge in [0.25, 0.3) is 0 Å². The minimum absolute atomic E-state index is 0.861.